The highest BCUT2D eigenvalue weighted by atomic mass is 16.5. The molecule has 1 aliphatic carbocycles. The number of ether oxygens (including phenoxy) is 1. The Balaban J connectivity index is 2.06. The molecule has 0 saturated heterocycles. The van der Waals surface area contributed by atoms with Gasteiger partial charge in [0.25, 0.3) is 0 Å². The predicted octanol–water partition coefficient (Wildman–Crippen LogP) is 1.37. The van der Waals surface area contributed by atoms with E-state index < -0.39 is 0 Å². The fraction of sp³-hybridized carbons (Fsp3) is 0.400. The molecular formula is C10H12N2O2. The first-order valence-electron chi connectivity index (χ1n) is 4.68. The van der Waals surface area contributed by atoms with Gasteiger partial charge in [-0.3, -0.25) is 4.98 Å². The van der Waals surface area contributed by atoms with Crippen molar-refractivity contribution in [3.63, 3.8) is 0 Å². The van der Waals surface area contributed by atoms with Gasteiger partial charge in [0.1, 0.15) is 6.10 Å². The minimum Gasteiger partial charge on any atom is -0.459 e. The van der Waals surface area contributed by atoms with Crippen LogP contribution < -0.4 is 5.73 Å². The van der Waals surface area contributed by atoms with Crippen molar-refractivity contribution >= 4 is 11.7 Å². The van der Waals surface area contributed by atoms with Crippen LogP contribution >= 0.6 is 0 Å². The third-order valence-corrected chi connectivity index (χ3v) is 2.40. The number of aromatic nitrogens is 1. The molecule has 1 fully saturated rings. The second kappa shape index (κ2) is 3.65. The molecule has 1 saturated carbocycles. The highest BCUT2D eigenvalue weighted by Crippen LogP contribution is 2.23. The molecule has 1 aromatic rings. The fourth-order valence-electron chi connectivity index (χ4n) is 1.30. The summed E-state index contributed by atoms with van der Waals surface area (Å²) >= 11 is 0. The maximum Gasteiger partial charge on any atom is 0.340 e. The molecule has 74 valence electrons. The van der Waals surface area contributed by atoms with Crippen LogP contribution in [0.3, 0.4) is 0 Å². The predicted molar refractivity (Wildman–Crippen MR) is 51.7 cm³/mol. The van der Waals surface area contributed by atoms with Crippen LogP contribution in [0, 0.1) is 0 Å². The van der Waals surface area contributed by atoms with E-state index in [2.05, 4.69) is 4.98 Å². The van der Waals surface area contributed by atoms with Crippen molar-refractivity contribution in [2.45, 2.75) is 25.4 Å². The maximum atomic E-state index is 11.5. The number of nitrogen functional groups attached to an aromatic ring is 1. The van der Waals surface area contributed by atoms with Crippen LogP contribution in [0.2, 0.25) is 0 Å². The third kappa shape index (κ3) is 1.69. The number of pyridine rings is 1. The van der Waals surface area contributed by atoms with E-state index in [-0.39, 0.29) is 12.1 Å². The van der Waals surface area contributed by atoms with Gasteiger partial charge < -0.3 is 10.5 Å². The van der Waals surface area contributed by atoms with Gasteiger partial charge in [-0.2, -0.15) is 0 Å². The maximum absolute atomic E-state index is 11.5. The molecule has 0 spiro atoms. The molecule has 0 atom stereocenters. The van der Waals surface area contributed by atoms with Gasteiger partial charge in [-0.25, -0.2) is 4.79 Å². The molecule has 1 heterocycles. The zero-order valence-electron chi connectivity index (χ0n) is 7.77. The highest BCUT2D eigenvalue weighted by Gasteiger charge is 2.23. The minimum absolute atomic E-state index is 0.0927. The average Bonchev–Trinajstić information content (AvgIpc) is 2.12. The lowest BCUT2D eigenvalue weighted by atomic mass is 9.96. The largest absolute Gasteiger partial charge is 0.459 e. The lowest BCUT2D eigenvalue weighted by molar-refractivity contribution is 0.00912. The number of carbonyl (C=O) groups excluding carboxylic acids is 1. The van der Waals surface area contributed by atoms with E-state index in [0.29, 0.717) is 11.3 Å². The average molecular weight is 192 g/mol. The summed E-state index contributed by atoms with van der Waals surface area (Å²) in [7, 11) is 0. The Morgan fingerprint density at radius 2 is 2.36 bits per heavy atom. The lowest BCUT2D eigenvalue weighted by Crippen LogP contribution is -2.25. The normalized spacial score (nSPS) is 16.0. The summed E-state index contributed by atoms with van der Waals surface area (Å²) in [4.78, 5) is 15.3. The zero-order chi connectivity index (χ0) is 9.97. The van der Waals surface area contributed by atoms with Crippen molar-refractivity contribution in [1.82, 2.24) is 4.98 Å². The molecule has 2 rings (SSSR count). The van der Waals surface area contributed by atoms with E-state index in [1.807, 2.05) is 0 Å². The van der Waals surface area contributed by atoms with Gasteiger partial charge in [-0.15, -0.1) is 0 Å². The summed E-state index contributed by atoms with van der Waals surface area (Å²) in [6.45, 7) is 0. The monoisotopic (exact) mass is 192 g/mol. The number of nitrogens with two attached hydrogens (primary N) is 1. The molecule has 0 unspecified atom stereocenters. The van der Waals surface area contributed by atoms with Gasteiger partial charge in [0, 0.05) is 6.20 Å². The molecular weight excluding hydrogens is 180 g/mol. The molecule has 14 heavy (non-hydrogen) atoms. The lowest BCUT2D eigenvalue weighted by Gasteiger charge is -2.25. The van der Waals surface area contributed by atoms with Crippen LogP contribution in [-0.4, -0.2) is 17.1 Å². The molecule has 0 bridgehead atoms. The molecule has 0 aliphatic heterocycles. The summed E-state index contributed by atoms with van der Waals surface area (Å²) in [6.07, 6.45) is 6.16. The van der Waals surface area contributed by atoms with Crippen molar-refractivity contribution in [3.8, 4) is 0 Å². The summed E-state index contributed by atoms with van der Waals surface area (Å²) < 4.78 is 5.21. The topological polar surface area (TPSA) is 65.2 Å². The quantitative estimate of drug-likeness (QED) is 0.719. The Bertz CT molecular complexity index is 348. The van der Waals surface area contributed by atoms with Crippen LogP contribution in [0.1, 0.15) is 29.6 Å². The number of hydrogen-bond donors (Lipinski definition) is 1. The first kappa shape index (κ1) is 8.99. The van der Waals surface area contributed by atoms with E-state index in [0.717, 1.165) is 19.3 Å². The molecule has 0 amide bonds. The van der Waals surface area contributed by atoms with E-state index >= 15 is 0 Å². The van der Waals surface area contributed by atoms with E-state index in [4.69, 9.17) is 10.5 Å². The summed E-state index contributed by atoms with van der Waals surface area (Å²) in [5.74, 6) is -0.338. The van der Waals surface area contributed by atoms with Gasteiger partial charge in [0.2, 0.25) is 0 Å². The number of nitrogens with zero attached hydrogens (tertiary/aromatic N) is 1. The Morgan fingerprint density at radius 3 is 2.93 bits per heavy atom. The molecule has 4 heteroatoms. The van der Waals surface area contributed by atoms with Gasteiger partial charge in [0.15, 0.2) is 0 Å². The molecule has 0 aromatic carbocycles. The second-order valence-electron chi connectivity index (χ2n) is 3.42. The second-order valence-corrected chi connectivity index (χ2v) is 3.42. The SMILES string of the molecule is Nc1cnccc1C(=O)OC1CCC1. The summed E-state index contributed by atoms with van der Waals surface area (Å²) in [5.41, 5.74) is 6.37. The van der Waals surface area contributed by atoms with Crippen molar-refractivity contribution in [2.75, 3.05) is 5.73 Å². The zero-order valence-corrected chi connectivity index (χ0v) is 7.77. The van der Waals surface area contributed by atoms with E-state index in [9.17, 15) is 4.79 Å². The van der Waals surface area contributed by atoms with Crippen LogP contribution in [0.5, 0.6) is 0 Å². The third-order valence-electron chi connectivity index (χ3n) is 2.40. The molecule has 1 aliphatic rings. The van der Waals surface area contributed by atoms with Crippen LogP contribution in [0.25, 0.3) is 0 Å². The highest BCUT2D eigenvalue weighted by molar-refractivity contribution is 5.94. The Hall–Kier alpha value is -1.58. The minimum atomic E-state index is -0.338. The van der Waals surface area contributed by atoms with Crippen LogP contribution in [0.15, 0.2) is 18.5 Å². The van der Waals surface area contributed by atoms with E-state index in [1.165, 1.54) is 12.4 Å². The van der Waals surface area contributed by atoms with Gasteiger partial charge in [-0.1, -0.05) is 0 Å². The van der Waals surface area contributed by atoms with Crippen molar-refractivity contribution < 1.29 is 9.53 Å². The number of carbonyl (C=O) groups is 1. The molecule has 2 N–H and O–H groups in total. The van der Waals surface area contributed by atoms with Gasteiger partial charge in [-0.05, 0) is 25.3 Å². The molecule has 0 radical (unpaired) electrons. The number of hydrogen-bond acceptors (Lipinski definition) is 4. The standard InChI is InChI=1S/C10H12N2O2/c11-9-6-12-5-4-8(9)10(13)14-7-2-1-3-7/h4-7H,1-3,11H2. The van der Waals surface area contributed by atoms with Gasteiger partial charge >= 0.3 is 5.97 Å². The first-order chi connectivity index (χ1) is 6.77. The van der Waals surface area contributed by atoms with Crippen molar-refractivity contribution in [1.29, 1.82) is 0 Å². The van der Waals surface area contributed by atoms with Crippen molar-refractivity contribution in [2.24, 2.45) is 0 Å². The van der Waals surface area contributed by atoms with Crippen molar-refractivity contribution in [3.05, 3.63) is 24.0 Å². The molecule has 4 nitrogen and oxygen atoms in total. The Kier molecular flexibility index (Phi) is 2.35. The Morgan fingerprint density at radius 1 is 1.57 bits per heavy atom. The smallest absolute Gasteiger partial charge is 0.340 e. The first-order valence-corrected chi connectivity index (χ1v) is 4.68. The fourth-order valence-corrected chi connectivity index (χ4v) is 1.30. The van der Waals surface area contributed by atoms with Gasteiger partial charge in [0.05, 0.1) is 17.4 Å². The summed E-state index contributed by atoms with van der Waals surface area (Å²) in [6, 6.07) is 1.58. The summed E-state index contributed by atoms with van der Waals surface area (Å²) in [5, 5.41) is 0. The number of anilines is 1. The number of rotatable bonds is 2. The van der Waals surface area contributed by atoms with Crippen LogP contribution in [0.4, 0.5) is 5.69 Å². The molecule has 1 aromatic heterocycles. The van der Waals surface area contributed by atoms with Crippen LogP contribution in [-0.2, 0) is 4.74 Å². The Labute approximate surface area is 82.1 Å². The number of esters is 1. The van der Waals surface area contributed by atoms with E-state index in [1.54, 1.807) is 6.07 Å².